The molecule has 0 N–H and O–H groups in total. The zero-order chi connectivity index (χ0) is 23.7. The average Bonchev–Trinajstić information content (AvgIpc) is 2.82. The predicted molar refractivity (Wildman–Crippen MR) is 105 cm³/mol. The molecule has 0 saturated carbocycles. The Bertz CT molecular complexity index is 1020. The Balaban J connectivity index is 1.44. The topological polar surface area (TPSA) is 55.8 Å². The number of benzene rings is 2. The molecule has 2 atom stereocenters. The van der Waals surface area contributed by atoms with Crippen molar-refractivity contribution in [1.29, 1.82) is 0 Å². The molecular formula is C23H20F5NO4. The van der Waals surface area contributed by atoms with Gasteiger partial charge in [0.05, 0.1) is 25.3 Å². The Morgan fingerprint density at radius 3 is 2.00 bits per heavy atom. The first-order chi connectivity index (χ1) is 15.8. The van der Waals surface area contributed by atoms with Gasteiger partial charge in [0, 0.05) is 17.9 Å². The molecule has 5 nitrogen and oxygen atoms in total. The van der Waals surface area contributed by atoms with Gasteiger partial charge in [-0.2, -0.15) is 0 Å². The first-order valence-electron chi connectivity index (χ1n) is 10.4. The molecule has 0 spiro atoms. The van der Waals surface area contributed by atoms with Gasteiger partial charge < -0.3 is 9.47 Å². The third-order valence-corrected chi connectivity index (χ3v) is 6.04. The number of hydrogen-bond donors (Lipinski definition) is 0. The van der Waals surface area contributed by atoms with Crippen LogP contribution in [0, 0.1) is 35.0 Å². The second-order valence-electron chi connectivity index (χ2n) is 8.15. The minimum Gasteiger partial charge on any atom is -0.445 e. The molecule has 4 rings (SSSR count). The number of ether oxygens (including phenoxy) is 2. The van der Waals surface area contributed by atoms with Gasteiger partial charge in [-0.05, 0) is 18.4 Å². The highest BCUT2D eigenvalue weighted by Crippen LogP contribution is 2.34. The SMILES string of the molecule is O=C(Cc1c(F)c(F)c(F)c(F)c1F)C1CC2COCC(C1)N2C(=O)OCc1ccccc1. The number of Topliss-reactive ketones (excluding diaryl/α,β-unsaturated/α-hetero) is 1. The largest absolute Gasteiger partial charge is 0.445 e. The maximum atomic E-state index is 14.0. The molecule has 2 aliphatic heterocycles. The third-order valence-electron chi connectivity index (χ3n) is 6.04. The number of carbonyl (C=O) groups is 2. The minimum absolute atomic E-state index is 0.0685. The summed E-state index contributed by atoms with van der Waals surface area (Å²) in [5.41, 5.74) is -0.345. The summed E-state index contributed by atoms with van der Waals surface area (Å²) < 4.78 is 79.1. The lowest BCUT2D eigenvalue weighted by molar-refractivity contribution is -0.130. The van der Waals surface area contributed by atoms with Crippen molar-refractivity contribution in [2.75, 3.05) is 13.2 Å². The number of halogens is 5. The molecular weight excluding hydrogens is 449 g/mol. The van der Waals surface area contributed by atoms with Gasteiger partial charge in [-0.15, -0.1) is 0 Å². The zero-order valence-corrected chi connectivity index (χ0v) is 17.3. The summed E-state index contributed by atoms with van der Waals surface area (Å²) in [5, 5.41) is 0. The number of piperidine rings is 1. The maximum Gasteiger partial charge on any atom is 0.410 e. The Kier molecular flexibility index (Phi) is 6.64. The highest BCUT2D eigenvalue weighted by Gasteiger charge is 2.44. The highest BCUT2D eigenvalue weighted by molar-refractivity contribution is 5.84. The van der Waals surface area contributed by atoms with E-state index >= 15 is 0 Å². The molecule has 2 heterocycles. The lowest BCUT2D eigenvalue weighted by Gasteiger charge is -2.47. The second kappa shape index (κ2) is 9.46. The summed E-state index contributed by atoms with van der Waals surface area (Å²) in [6.07, 6.45) is -1.24. The Hall–Kier alpha value is -3.01. The van der Waals surface area contributed by atoms with Crippen LogP contribution in [-0.4, -0.2) is 42.1 Å². The van der Waals surface area contributed by atoms with Gasteiger partial charge in [0.2, 0.25) is 5.82 Å². The van der Waals surface area contributed by atoms with Crippen molar-refractivity contribution in [1.82, 2.24) is 4.90 Å². The summed E-state index contributed by atoms with van der Waals surface area (Å²) in [6.45, 7) is 0.353. The van der Waals surface area contributed by atoms with E-state index in [1.807, 2.05) is 30.3 Å². The van der Waals surface area contributed by atoms with Crippen molar-refractivity contribution in [2.45, 2.75) is 38.0 Å². The minimum atomic E-state index is -2.27. The van der Waals surface area contributed by atoms with E-state index in [9.17, 15) is 31.5 Å². The van der Waals surface area contributed by atoms with Gasteiger partial charge in [-0.25, -0.2) is 26.7 Å². The van der Waals surface area contributed by atoms with E-state index in [-0.39, 0.29) is 32.7 Å². The van der Waals surface area contributed by atoms with Crippen LogP contribution >= 0.6 is 0 Å². The number of amides is 1. The van der Waals surface area contributed by atoms with Crippen LogP contribution in [0.3, 0.4) is 0 Å². The molecule has 0 radical (unpaired) electrons. The first kappa shape index (κ1) is 23.2. The van der Waals surface area contributed by atoms with Crippen LogP contribution in [0.1, 0.15) is 24.0 Å². The normalized spacial score (nSPS) is 22.2. The zero-order valence-electron chi connectivity index (χ0n) is 17.3. The Morgan fingerprint density at radius 2 is 1.42 bits per heavy atom. The number of nitrogens with zero attached hydrogens (tertiary/aromatic N) is 1. The number of fused-ring (bicyclic) bond motifs is 2. The van der Waals surface area contributed by atoms with E-state index in [1.165, 1.54) is 4.90 Å². The van der Waals surface area contributed by atoms with Crippen molar-refractivity contribution in [3.05, 3.63) is 70.5 Å². The van der Waals surface area contributed by atoms with Crippen LogP contribution in [0.2, 0.25) is 0 Å². The molecule has 176 valence electrons. The molecule has 2 fully saturated rings. The quantitative estimate of drug-likeness (QED) is 0.372. The van der Waals surface area contributed by atoms with Crippen LogP contribution in [0.15, 0.2) is 30.3 Å². The highest BCUT2D eigenvalue weighted by atomic mass is 19.2. The second-order valence-corrected chi connectivity index (χ2v) is 8.15. The van der Waals surface area contributed by atoms with E-state index in [2.05, 4.69) is 0 Å². The molecule has 10 heteroatoms. The predicted octanol–water partition coefficient (Wildman–Crippen LogP) is 4.31. The van der Waals surface area contributed by atoms with Gasteiger partial charge in [0.1, 0.15) is 12.4 Å². The number of morpholine rings is 1. The number of rotatable bonds is 5. The fourth-order valence-electron chi connectivity index (χ4n) is 4.39. The lowest BCUT2D eigenvalue weighted by atomic mass is 9.81. The molecule has 2 aromatic carbocycles. The maximum absolute atomic E-state index is 14.0. The van der Waals surface area contributed by atoms with Crippen LogP contribution in [0.5, 0.6) is 0 Å². The average molecular weight is 469 g/mol. The van der Waals surface area contributed by atoms with Crippen molar-refractivity contribution in [2.24, 2.45) is 5.92 Å². The van der Waals surface area contributed by atoms with E-state index in [1.54, 1.807) is 0 Å². The monoisotopic (exact) mass is 469 g/mol. The van der Waals surface area contributed by atoms with Crippen molar-refractivity contribution >= 4 is 11.9 Å². The van der Waals surface area contributed by atoms with Crippen LogP contribution in [0.4, 0.5) is 26.7 Å². The van der Waals surface area contributed by atoms with Crippen LogP contribution < -0.4 is 0 Å². The molecule has 0 aromatic heterocycles. The fourth-order valence-corrected chi connectivity index (χ4v) is 4.39. The molecule has 2 unspecified atom stereocenters. The number of ketones is 1. The van der Waals surface area contributed by atoms with Gasteiger partial charge >= 0.3 is 6.09 Å². The van der Waals surface area contributed by atoms with E-state index in [0.717, 1.165) is 5.56 Å². The summed E-state index contributed by atoms with van der Waals surface area (Å²) in [4.78, 5) is 27.0. The number of hydrogen-bond acceptors (Lipinski definition) is 4. The number of carbonyl (C=O) groups excluding carboxylic acids is 2. The molecule has 0 aliphatic carbocycles. The fraction of sp³-hybridized carbons (Fsp3) is 0.391. The van der Waals surface area contributed by atoms with Crippen molar-refractivity contribution in [3.63, 3.8) is 0 Å². The third kappa shape index (κ3) is 4.57. The summed E-state index contributed by atoms with van der Waals surface area (Å²) in [7, 11) is 0. The molecule has 2 saturated heterocycles. The lowest BCUT2D eigenvalue weighted by Crippen LogP contribution is -2.60. The Morgan fingerprint density at radius 1 is 0.879 bits per heavy atom. The molecule has 2 aromatic rings. The van der Waals surface area contributed by atoms with Crippen LogP contribution in [0.25, 0.3) is 0 Å². The summed E-state index contributed by atoms with van der Waals surface area (Å²) in [5.74, 6) is -11.8. The molecule has 2 bridgehead atoms. The molecule has 1 amide bonds. The van der Waals surface area contributed by atoms with E-state index < -0.39 is 70.9 Å². The standard InChI is InChI=1S/C23H20F5NO4/c24-18-16(19(25)21(27)22(28)20(18)26)8-17(30)13-6-14-10-32-11-15(7-13)29(14)23(31)33-9-12-4-2-1-3-5-12/h1-5,13-15H,6-11H2. The first-order valence-corrected chi connectivity index (χ1v) is 10.4. The van der Waals surface area contributed by atoms with Crippen molar-refractivity contribution in [3.8, 4) is 0 Å². The smallest absolute Gasteiger partial charge is 0.410 e. The van der Waals surface area contributed by atoms with Gasteiger partial charge in [-0.1, -0.05) is 30.3 Å². The summed E-state index contributed by atoms with van der Waals surface area (Å²) >= 11 is 0. The summed E-state index contributed by atoms with van der Waals surface area (Å²) in [6, 6.07) is 8.06. The van der Waals surface area contributed by atoms with E-state index in [0.29, 0.717) is 0 Å². The van der Waals surface area contributed by atoms with Gasteiger partial charge in [-0.3, -0.25) is 9.69 Å². The Labute approximate surface area is 186 Å². The van der Waals surface area contributed by atoms with Crippen LogP contribution in [-0.2, 0) is 27.3 Å². The van der Waals surface area contributed by atoms with Gasteiger partial charge in [0.15, 0.2) is 23.3 Å². The van der Waals surface area contributed by atoms with Gasteiger partial charge in [0.25, 0.3) is 0 Å². The molecule has 2 aliphatic rings. The van der Waals surface area contributed by atoms with Crippen molar-refractivity contribution < 1.29 is 41.0 Å². The van der Waals surface area contributed by atoms with E-state index in [4.69, 9.17) is 9.47 Å². The molecule has 33 heavy (non-hydrogen) atoms.